The Labute approximate surface area is 216 Å². The van der Waals surface area contributed by atoms with Crippen molar-refractivity contribution in [3.8, 4) is 11.5 Å². The van der Waals surface area contributed by atoms with Gasteiger partial charge >= 0.3 is 0 Å². The van der Waals surface area contributed by atoms with Crippen LogP contribution in [0.5, 0.6) is 11.5 Å². The van der Waals surface area contributed by atoms with Crippen molar-refractivity contribution < 1.29 is 28.8 Å². The summed E-state index contributed by atoms with van der Waals surface area (Å²) in [4.78, 5) is 49.1. The van der Waals surface area contributed by atoms with E-state index in [9.17, 15) is 24.5 Å². The van der Waals surface area contributed by atoms with Crippen LogP contribution in [0, 0.1) is 10.1 Å². The maximum absolute atomic E-state index is 12.9. The number of rotatable bonds is 9. The van der Waals surface area contributed by atoms with Crippen molar-refractivity contribution >= 4 is 46.3 Å². The molecule has 3 amide bonds. The van der Waals surface area contributed by atoms with Crippen LogP contribution in [-0.4, -0.2) is 40.6 Å². The molecule has 1 aliphatic heterocycles. The van der Waals surface area contributed by atoms with Gasteiger partial charge in [0.2, 0.25) is 0 Å². The second-order valence-corrected chi connectivity index (χ2v) is 8.80. The van der Waals surface area contributed by atoms with Crippen LogP contribution < -0.4 is 14.8 Å². The molecule has 1 N–H and O–H groups in total. The average Bonchev–Trinajstić information content (AvgIpc) is 3.16. The monoisotopic (exact) mass is 519 g/mol. The van der Waals surface area contributed by atoms with Crippen LogP contribution in [0.2, 0.25) is 0 Å². The third kappa shape index (κ3) is 6.33. The zero-order chi connectivity index (χ0) is 26.4. The molecule has 3 aromatic carbocycles. The minimum Gasteiger partial charge on any atom is -0.493 e. The minimum absolute atomic E-state index is 0.00114. The van der Waals surface area contributed by atoms with Gasteiger partial charge in [0.05, 0.1) is 23.5 Å². The quantitative estimate of drug-likeness (QED) is 0.241. The van der Waals surface area contributed by atoms with E-state index in [1.807, 2.05) is 18.2 Å². The van der Waals surface area contributed by atoms with Crippen LogP contribution in [0.15, 0.2) is 77.7 Å². The Hall–Kier alpha value is -4.64. The van der Waals surface area contributed by atoms with E-state index in [4.69, 9.17) is 9.47 Å². The molecule has 10 nitrogen and oxygen atoms in total. The van der Waals surface area contributed by atoms with E-state index in [-0.39, 0.29) is 29.7 Å². The summed E-state index contributed by atoms with van der Waals surface area (Å²) in [7, 11) is 1.45. The number of carbonyl (C=O) groups excluding carboxylic acids is 3. The summed E-state index contributed by atoms with van der Waals surface area (Å²) in [5, 5.41) is 13.1. The minimum atomic E-state index is -0.517. The normalized spacial score (nSPS) is 14.1. The van der Waals surface area contributed by atoms with Crippen molar-refractivity contribution in [3.05, 3.63) is 98.9 Å². The Balaban J connectivity index is 1.41. The van der Waals surface area contributed by atoms with Crippen LogP contribution >= 0.6 is 11.8 Å². The lowest BCUT2D eigenvalue weighted by atomic mass is 10.1. The van der Waals surface area contributed by atoms with Gasteiger partial charge in [-0.05, 0) is 53.2 Å². The molecule has 0 radical (unpaired) electrons. The van der Waals surface area contributed by atoms with E-state index < -0.39 is 16.1 Å². The van der Waals surface area contributed by atoms with E-state index >= 15 is 0 Å². The van der Waals surface area contributed by atoms with Crippen molar-refractivity contribution in [2.75, 3.05) is 19.0 Å². The number of imide groups is 1. The van der Waals surface area contributed by atoms with Gasteiger partial charge < -0.3 is 14.8 Å². The first-order valence-electron chi connectivity index (χ1n) is 11.0. The number of anilines is 1. The predicted octanol–water partition coefficient (Wildman–Crippen LogP) is 4.86. The molecule has 4 rings (SSSR count). The third-order valence-corrected chi connectivity index (χ3v) is 6.17. The number of nitro groups is 1. The molecule has 188 valence electrons. The van der Waals surface area contributed by atoms with Crippen molar-refractivity contribution in [1.29, 1.82) is 0 Å². The molecule has 0 bridgehead atoms. The lowest BCUT2D eigenvalue weighted by molar-refractivity contribution is -0.384. The molecule has 1 fully saturated rings. The number of nitrogens with one attached hydrogen (secondary N) is 1. The number of nitrogens with zero attached hydrogens (tertiary/aromatic N) is 2. The molecule has 0 aromatic heterocycles. The number of para-hydroxylation sites is 1. The van der Waals surface area contributed by atoms with Crippen LogP contribution in [0.4, 0.5) is 16.2 Å². The average molecular weight is 520 g/mol. The molecule has 0 spiro atoms. The first-order valence-corrected chi connectivity index (χ1v) is 11.8. The standard InChI is InChI=1S/C26H21N3O7S/c1-35-22-13-18(9-12-21(22)36-16-24(30)27-19-5-3-2-4-6-19)14-23-25(31)28(26(32)37-23)15-17-7-10-20(11-8-17)29(33)34/h2-14H,15-16H2,1H3,(H,27,30)/b23-14+. The summed E-state index contributed by atoms with van der Waals surface area (Å²) < 4.78 is 11.0. The third-order valence-electron chi connectivity index (χ3n) is 5.26. The number of ether oxygens (including phenoxy) is 2. The number of nitro benzene ring substituents is 1. The van der Waals surface area contributed by atoms with E-state index in [0.717, 1.165) is 16.7 Å². The van der Waals surface area contributed by atoms with Gasteiger partial charge in [-0.2, -0.15) is 0 Å². The number of hydrogen-bond donors (Lipinski definition) is 1. The fourth-order valence-corrected chi connectivity index (χ4v) is 4.29. The Morgan fingerprint density at radius 1 is 1.05 bits per heavy atom. The highest BCUT2D eigenvalue weighted by Gasteiger charge is 2.35. The first-order chi connectivity index (χ1) is 17.8. The summed E-state index contributed by atoms with van der Waals surface area (Å²) in [6.07, 6.45) is 1.56. The molecular weight excluding hydrogens is 498 g/mol. The van der Waals surface area contributed by atoms with Crippen LogP contribution in [0.1, 0.15) is 11.1 Å². The lowest BCUT2D eigenvalue weighted by Crippen LogP contribution is -2.27. The van der Waals surface area contributed by atoms with Crippen LogP contribution in [-0.2, 0) is 16.1 Å². The topological polar surface area (TPSA) is 128 Å². The number of benzene rings is 3. The molecule has 1 heterocycles. The Kier molecular flexibility index (Phi) is 7.84. The van der Waals surface area contributed by atoms with Crippen molar-refractivity contribution in [2.24, 2.45) is 0 Å². The fourth-order valence-electron chi connectivity index (χ4n) is 3.45. The Morgan fingerprint density at radius 3 is 2.46 bits per heavy atom. The summed E-state index contributed by atoms with van der Waals surface area (Å²) in [5.41, 5.74) is 1.77. The molecular formula is C26H21N3O7S. The second kappa shape index (κ2) is 11.4. The molecule has 0 saturated carbocycles. The number of hydrogen-bond acceptors (Lipinski definition) is 8. The van der Waals surface area contributed by atoms with E-state index in [2.05, 4.69) is 5.32 Å². The molecule has 0 unspecified atom stereocenters. The highest BCUT2D eigenvalue weighted by molar-refractivity contribution is 8.18. The van der Waals surface area contributed by atoms with Crippen LogP contribution in [0.25, 0.3) is 6.08 Å². The lowest BCUT2D eigenvalue weighted by Gasteiger charge is -2.12. The number of methoxy groups -OCH3 is 1. The van der Waals surface area contributed by atoms with E-state index in [0.29, 0.717) is 28.3 Å². The summed E-state index contributed by atoms with van der Waals surface area (Å²) in [5.74, 6) is -0.107. The zero-order valence-electron chi connectivity index (χ0n) is 19.6. The maximum Gasteiger partial charge on any atom is 0.293 e. The highest BCUT2D eigenvalue weighted by atomic mass is 32.2. The van der Waals surface area contributed by atoms with Gasteiger partial charge in [-0.25, -0.2) is 0 Å². The number of amides is 3. The van der Waals surface area contributed by atoms with E-state index in [1.165, 1.54) is 31.4 Å². The van der Waals surface area contributed by atoms with Gasteiger partial charge in [0.1, 0.15) is 0 Å². The van der Waals surface area contributed by atoms with Crippen molar-refractivity contribution in [3.63, 3.8) is 0 Å². The SMILES string of the molecule is COc1cc(/C=C2/SC(=O)N(Cc3ccc([N+](=O)[O-])cc3)C2=O)ccc1OCC(=O)Nc1ccccc1. The molecule has 1 aliphatic rings. The number of carbonyl (C=O) groups is 3. The number of non-ortho nitro benzene ring substituents is 1. The Morgan fingerprint density at radius 2 is 1.78 bits per heavy atom. The second-order valence-electron chi connectivity index (χ2n) is 7.80. The molecule has 1 saturated heterocycles. The summed E-state index contributed by atoms with van der Waals surface area (Å²) >= 11 is 0.802. The van der Waals surface area contributed by atoms with Gasteiger partial charge in [-0.1, -0.05) is 36.4 Å². The molecule has 11 heteroatoms. The van der Waals surface area contributed by atoms with Gasteiger partial charge in [0, 0.05) is 17.8 Å². The smallest absolute Gasteiger partial charge is 0.293 e. The first kappa shape index (κ1) is 25.5. The van der Waals surface area contributed by atoms with Crippen molar-refractivity contribution in [2.45, 2.75) is 6.54 Å². The number of thioether (sulfide) groups is 1. The highest BCUT2D eigenvalue weighted by Crippen LogP contribution is 2.35. The fraction of sp³-hybridized carbons (Fsp3) is 0.115. The molecule has 3 aromatic rings. The van der Waals surface area contributed by atoms with Crippen molar-refractivity contribution in [1.82, 2.24) is 4.90 Å². The summed E-state index contributed by atoms with van der Waals surface area (Å²) in [6, 6.07) is 19.6. The summed E-state index contributed by atoms with van der Waals surface area (Å²) in [6.45, 7) is -0.229. The van der Waals surface area contributed by atoms with Crippen LogP contribution in [0.3, 0.4) is 0 Å². The predicted molar refractivity (Wildman–Crippen MR) is 138 cm³/mol. The molecule has 37 heavy (non-hydrogen) atoms. The molecule has 0 aliphatic carbocycles. The largest absolute Gasteiger partial charge is 0.493 e. The molecule has 0 atom stereocenters. The zero-order valence-corrected chi connectivity index (χ0v) is 20.4. The van der Waals surface area contributed by atoms with Gasteiger partial charge in [-0.15, -0.1) is 0 Å². The van der Waals surface area contributed by atoms with Gasteiger partial charge in [0.25, 0.3) is 22.7 Å². The maximum atomic E-state index is 12.9. The van der Waals surface area contributed by atoms with Gasteiger partial charge in [0.15, 0.2) is 18.1 Å². The van der Waals surface area contributed by atoms with Gasteiger partial charge in [-0.3, -0.25) is 29.4 Å². The van der Waals surface area contributed by atoms with E-state index in [1.54, 1.807) is 36.4 Å². The Bertz CT molecular complexity index is 1370.